The van der Waals surface area contributed by atoms with Crippen LogP contribution in [0, 0.1) is 11.6 Å². The highest BCUT2D eigenvalue weighted by Gasteiger charge is 2.15. The maximum Gasteiger partial charge on any atom is 0.255 e. The van der Waals surface area contributed by atoms with Gasteiger partial charge >= 0.3 is 0 Å². The lowest BCUT2D eigenvalue weighted by molar-refractivity contribution is -0.119. The first kappa shape index (κ1) is 19.2. The number of ether oxygens (including phenoxy) is 1. The molecule has 0 aliphatic heterocycles. The summed E-state index contributed by atoms with van der Waals surface area (Å²) >= 11 is 0. The first-order valence-corrected chi connectivity index (χ1v) is 8.51. The number of primary amides is 1. The van der Waals surface area contributed by atoms with Gasteiger partial charge in [0.1, 0.15) is 17.4 Å². The lowest BCUT2D eigenvalue weighted by Crippen LogP contribution is -2.20. The van der Waals surface area contributed by atoms with E-state index in [0.29, 0.717) is 22.4 Å². The fourth-order valence-electron chi connectivity index (χ4n) is 2.77. The molecule has 142 valence electrons. The molecule has 1 amide bonds. The number of halogens is 2. The van der Waals surface area contributed by atoms with E-state index < -0.39 is 23.3 Å². The van der Waals surface area contributed by atoms with Crippen LogP contribution < -0.4 is 10.5 Å². The Morgan fingerprint density at radius 1 is 0.893 bits per heavy atom. The molecule has 4 nitrogen and oxygen atoms in total. The Labute approximate surface area is 160 Å². The van der Waals surface area contributed by atoms with Crippen molar-refractivity contribution in [2.24, 2.45) is 5.73 Å². The highest BCUT2D eigenvalue weighted by atomic mass is 19.1. The van der Waals surface area contributed by atoms with Crippen molar-refractivity contribution in [1.29, 1.82) is 0 Å². The number of amides is 1. The van der Waals surface area contributed by atoms with Gasteiger partial charge in [0.2, 0.25) is 0 Å². The van der Waals surface area contributed by atoms with E-state index in [9.17, 15) is 18.4 Å². The fourth-order valence-corrected chi connectivity index (χ4v) is 2.77. The molecular formula is C22H17F2NO3. The summed E-state index contributed by atoms with van der Waals surface area (Å²) in [6.45, 7) is -0.276. The van der Waals surface area contributed by atoms with Crippen molar-refractivity contribution in [1.82, 2.24) is 0 Å². The Hall–Kier alpha value is -3.54. The molecule has 3 aromatic carbocycles. The molecule has 0 heterocycles. The van der Waals surface area contributed by atoms with Gasteiger partial charge in [-0.15, -0.1) is 0 Å². The van der Waals surface area contributed by atoms with E-state index in [1.165, 1.54) is 30.3 Å². The van der Waals surface area contributed by atoms with Crippen LogP contribution in [0.4, 0.5) is 8.78 Å². The molecular weight excluding hydrogens is 364 g/mol. The number of nitrogens with two attached hydrogens (primary N) is 1. The van der Waals surface area contributed by atoms with E-state index >= 15 is 0 Å². The summed E-state index contributed by atoms with van der Waals surface area (Å²) in [5.41, 5.74) is 6.66. The summed E-state index contributed by atoms with van der Waals surface area (Å²) in [6.07, 6.45) is -0.0582. The molecule has 0 saturated heterocycles. The van der Waals surface area contributed by atoms with E-state index in [-0.39, 0.29) is 18.6 Å². The normalized spacial score (nSPS) is 10.5. The largest absolute Gasteiger partial charge is 0.484 e. The molecule has 0 bridgehead atoms. The number of rotatable bonds is 7. The highest BCUT2D eigenvalue weighted by Crippen LogP contribution is 2.24. The van der Waals surface area contributed by atoms with Gasteiger partial charge in [0.15, 0.2) is 12.4 Å². The lowest BCUT2D eigenvalue weighted by atomic mass is 9.97. The van der Waals surface area contributed by atoms with Crippen molar-refractivity contribution >= 4 is 11.7 Å². The van der Waals surface area contributed by atoms with Crippen molar-refractivity contribution in [3.8, 4) is 16.9 Å². The third-order valence-corrected chi connectivity index (χ3v) is 4.07. The fraction of sp³-hybridized carbons (Fsp3) is 0.0909. The standard InChI is InChI=1S/C22H17F2NO3/c23-17-5-2-4-15(11-17)16-7-8-20(24)19(12-16)21(26)10-14-3-1-6-18(9-14)28-13-22(25)27/h1-9,11-12H,10,13H2,(H2,25,27). The third-order valence-electron chi connectivity index (χ3n) is 4.07. The van der Waals surface area contributed by atoms with Crippen molar-refractivity contribution in [2.45, 2.75) is 6.42 Å². The van der Waals surface area contributed by atoms with Gasteiger partial charge in [-0.3, -0.25) is 9.59 Å². The summed E-state index contributed by atoms with van der Waals surface area (Å²) in [4.78, 5) is 23.4. The van der Waals surface area contributed by atoms with Gasteiger partial charge in [0, 0.05) is 6.42 Å². The number of carbonyl (C=O) groups excluding carboxylic acids is 2. The number of ketones is 1. The zero-order valence-electron chi connectivity index (χ0n) is 14.8. The van der Waals surface area contributed by atoms with E-state index in [0.717, 1.165) is 0 Å². The van der Waals surface area contributed by atoms with Crippen molar-refractivity contribution in [2.75, 3.05) is 6.61 Å². The molecule has 0 aromatic heterocycles. The van der Waals surface area contributed by atoms with Gasteiger partial charge in [-0.1, -0.05) is 30.3 Å². The molecule has 0 aliphatic carbocycles. The minimum absolute atomic E-state index is 0.0582. The second kappa shape index (κ2) is 8.43. The number of Topliss-reactive ketones (excluding diaryl/α,β-unsaturated/α-hetero) is 1. The van der Waals surface area contributed by atoms with Crippen LogP contribution in [0.2, 0.25) is 0 Å². The van der Waals surface area contributed by atoms with Crippen LogP contribution in [0.15, 0.2) is 66.7 Å². The number of carbonyl (C=O) groups is 2. The average molecular weight is 381 g/mol. The Balaban J connectivity index is 1.82. The van der Waals surface area contributed by atoms with Gasteiger partial charge in [0.25, 0.3) is 5.91 Å². The van der Waals surface area contributed by atoms with Crippen molar-refractivity contribution in [3.63, 3.8) is 0 Å². The smallest absolute Gasteiger partial charge is 0.255 e. The van der Waals surface area contributed by atoms with Gasteiger partial charge < -0.3 is 10.5 Å². The third kappa shape index (κ3) is 4.79. The molecule has 28 heavy (non-hydrogen) atoms. The second-order valence-electron chi connectivity index (χ2n) is 6.21. The Kier molecular flexibility index (Phi) is 5.79. The first-order chi connectivity index (χ1) is 13.4. The molecule has 0 unspecified atom stereocenters. The minimum Gasteiger partial charge on any atom is -0.484 e. The van der Waals surface area contributed by atoms with Gasteiger partial charge in [-0.25, -0.2) is 8.78 Å². The molecule has 0 atom stereocenters. The van der Waals surface area contributed by atoms with Crippen LogP contribution >= 0.6 is 0 Å². The zero-order valence-corrected chi connectivity index (χ0v) is 14.8. The molecule has 0 aliphatic rings. The molecule has 0 radical (unpaired) electrons. The molecule has 0 spiro atoms. The maximum absolute atomic E-state index is 14.2. The number of hydrogen-bond acceptors (Lipinski definition) is 3. The molecule has 3 aromatic rings. The predicted molar refractivity (Wildman–Crippen MR) is 101 cm³/mol. The topological polar surface area (TPSA) is 69.4 Å². The second-order valence-corrected chi connectivity index (χ2v) is 6.21. The van der Waals surface area contributed by atoms with E-state index in [1.54, 1.807) is 36.4 Å². The summed E-state index contributed by atoms with van der Waals surface area (Å²) in [6, 6.07) is 16.6. The van der Waals surface area contributed by atoms with Gasteiger partial charge in [-0.05, 0) is 53.1 Å². The van der Waals surface area contributed by atoms with Crippen molar-refractivity contribution < 1.29 is 23.1 Å². The Bertz CT molecular complexity index is 1030. The van der Waals surface area contributed by atoms with Crippen LogP contribution in [0.5, 0.6) is 5.75 Å². The highest BCUT2D eigenvalue weighted by molar-refractivity contribution is 5.98. The Morgan fingerprint density at radius 2 is 1.64 bits per heavy atom. The first-order valence-electron chi connectivity index (χ1n) is 8.51. The Morgan fingerprint density at radius 3 is 2.39 bits per heavy atom. The molecule has 2 N–H and O–H groups in total. The number of benzene rings is 3. The van der Waals surface area contributed by atoms with Gasteiger partial charge in [0.05, 0.1) is 5.56 Å². The number of hydrogen-bond donors (Lipinski definition) is 1. The maximum atomic E-state index is 14.2. The summed E-state index contributed by atoms with van der Waals surface area (Å²) in [5.74, 6) is -1.72. The monoisotopic (exact) mass is 381 g/mol. The van der Waals surface area contributed by atoms with Crippen LogP contribution in [0.3, 0.4) is 0 Å². The summed E-state index contributed by atoms with van der Waals surface area (Å²) in [5, 5.41) is 0. The van der Waals surface area contributed by atoms with Crippen LogP contribution in [-0.4, -0.2) is 18.3 Å². The molecule has 0 fully saturated rings. The molecule has 6 heteroatoms. The zero-order chi connectivity index (χ0) is 20.1. The molecule has 3 rings (SSSR count). The predicted octanol–water partition coefficient (Wildman–Crippen LogP) is 3.92. The van der Waals surface area contributed by atoms with E-state index in [4.69, 9.17) is 10.5 Å². The van der Waals surface area contributed by atoms with Crippen molar-refractivity contribution in [3.05, 3.63) is 89.5 Å². The van der Waals surface area contributed by atoms with Gasteiger partial charge in [-0.2, -0.15) is 0 Å². The lowest BCUT2D eigenvalue weighted by Gasteiger charge is -2.09. The van der Waals surface area contributed by atoms with Crippen LogP contribution in [0.25, 0.3) is 11.1 Å². The molecule has 0 saturated carbocycles. The summed E-state index contributed by atoms with van der Waals surface area (Å²) in [7, 11) is 0. The summed E-state index contributed by atoms with van der Waals surface area (Å²) < 4.78 is 32.9. The quantitative estimate of drug-likeness (QED) is 0.631. The minimum atomic E-state index is -0.647. The van der Waals surface area contributed by atoms with Crippen LogP contribution in [-0.2, 0) is 11.2 Å². The van der Waals surface area contributed by atoms with Crippen LogP contribution in [0.1, 0.15) is 15.9 Å². The van der Waals surface area contributed by atoms with E-state index in [1.807, 2.05) is 0 Å². The average Bonchev–Trinajstić information content (AvgIpc) is 2.67. The SMILES string of the molecule is NC(=O)COc1cccc(CC(=O)c2cc(-c3cccc(F)c3)ccc2F)c1. The van der Waals surface area contributed by atoms with E-state index in [2.05, 4.69) is 0 Å².